The fraction of sp³-hybridized carbons (Fsp3) is 0.526. The molecule has 0 saturated carbocycles. The summed E-state index contributed by atoms with van der Waals surface area (Å²) in [5, 5.41) is 15.8. The second-order valence-corrected chi connectivity index (χ2v) is 11.0. The summed E-state index contributed by atoms with van der Waals surface area (Å²) in [6, 6.07) is 0. The van der Waals surface area contributed by atoms with Crippen molar-refractivity contribution >= 4 is 27.2 Å². The van der Waals surface area contributed by atoms with Crippen LogP contribution >= 0.6 is 11.3 Å². The third-order valence-corrected chi connectivity index (χ3v) is 7.39. The second-order valence-electron chi connectivity index (χ2n) is 7.97. The van der Waals surface area contributed by atoms with E-state index in [0.717, 1.165) is 17.5 Å². The maximum atomic E-state index is 14.4. The number of nitrogens with zero attached hydrogens (tertiary/aromatic N) is 3. The SMILES string of the molecule is CC(C)c1ncc(F)c(C(C)C)c1CC(=O)N=[S@@](N)(=O)c1ncc(C(C)(C)O)s1. The molecular formula is C19H27FN4O3S2. The smallest absolute Gasteiger partial charge is 0.259 e. The Kier molecular flexibility index (Phi) is 6.93. The normalized spacial score (nSPS) is 14.3. The number of hydrogen-bond acceptors (Lipinski definition) is 6. The lowest BCUT2D eigenvalue weighted by atomic mass is 9.90. The fourth-order valence-electron chi connectivity index (χ4n) is 2.91. The highest BCUT2D eigenvalue weighted by molar-refractivity contribution is 7.93. The molecule has 2 aromatic heterocycles. The van der Waals surface area contributed by atoms with Crippen molar-refractivity contribution < 1.29 is 18.5 Å². The van der Waals surface area contributed by atoms with Crippen LogP contribution in [0.1, 0.15) is 75.1 Å². The van der Waals surface area contributed by atoms with Gasteiger partial charge in [0.25, 0.3) is 5.91 Å². The molecule has 10 heteroatoms. The molecule has 2 heterocycles. The summed E-state index contributed by atoms with van der Waals surface area (Å²) in [6.07, 6.45) is 2.26. The average Bonchev–Trinajstić information content (AvgIpc) is 3.04. The van der Waals surface area contributed by atoms with Gasteiger partial charge in [-0.1, -0.05) is 27.7 Å². The van der Waals surface area contributed by atoms with Gasteiger partial charge in [0, 0.05) is 11.9 Å². The number of carbonyl (C=O) groups is 1. The molecule has 0 bridgehead atoms. The first kappa shape index (κ1) is 23.5. The summed E-state index contributed by atoms with van der Waals surface area (Å²) in [4.78, 5) is 21.2. The van der Waals surface area contributed by atoms with E-state index in [-0.39, 0.29) is 22.6 Å². The monoisotopic (exact) mass is 442 g/mol. The third kappa shape index (κ3) is 5.44. The van der Waals surface area contributed by atoms with Gasteiger partial charge in [-0.3, -0.25) is 9.78 Å². The predicted octanol–water partition coefficient (Wildman–Crippen LogP) is 3.62. The number of halogens is 1. The Bertz CT molecular complexity index is 1030. The maximum absolute atomic E-state index is 14.4. The number of nitrogens with two attached hydrogens (primary N) is 1. The molecule has 29 heavy (non-hydrogen) atoms. The number of carbonyl (C=O) groups excluding carboxylic acids is 1. The lowest BCUT2D eigenvalue weighted by Crippen LogP contribution is -2.17. The van der Waals surface area contributed by atoms with E-state index in [2.05, 4.69) is 14.3 Å². The highest BCUT2D eigenvalue weighted by Crippen LogP contribution is 2.30. The number of thiazole rings is 1. The Hall–Kier alpha value is -1.75. The Morgan fingerprint density at radius 1 is 1.28 bits per heavy atom. The minimum Gasteiger partial charge on any atom is -0.385 e. The molecule has 0 fully saturated rings. The van der Waals surface area contributed by atoms with E-state index in [4.69, 9.17) is 5.14 Å². The molecule has 0 aromatic carbocycles. The van der Waals surface area contributed by atoms with Crippen molar-refractivity contribution in [1.82, 2.24) is 9.97 Å². The molecule has 0 saturated heterocycles. The lowest BCUT2D eigenvalue weighted by Gasteiger charge is -2.18. The Morgan fingerprint density at radius 3 is 2.38 bits per heavy atom. The first-order valence-corrected chi connectivity index (χ1v) is 11.6. The van der Waals surface area contributed by atoms with Crippen LogP contribution in [0.25, 0.3) is 0 Å². The molecule has 0 aliphatic heterocycles. The van der Waals surface area contributed by atoms with Crippen LogP contribution in [0.5, 0.6) is 0 Å². The zero-order valence-electron chi connectivity index (χ0n) is 17.4. The quantitative estimate of drug-likeness (QED) is 0.708. The van der Waals surface area contributed by atoms with E-state index in [0.29, 0.717) is 21.7 Å². The summed E-state index contributed by atoms with van der Waals surface area (Å²) in [5.41, 5.74) is 0.270. The van der Waals surface area contributed by atoms with Crippen LogP contribution in [-0.4, -0.2) is 25.2 Å². The topological polar surface area (TPSA) is 119 Å². The summed E-state index contributed by atoms with van der Waals surface area (Å²) < 4.78 is 30.8. The van der Waals surface area contributed by atoms with Crippen LogP contribution in [0.15, 0.2) is 21.1 Å². The molecule has 160 valence electrons. The van der Waals surface area contributed by atoms with Crippen molar-refractivity contribution in [3.63, 3.8) is 0 Å². The van der Waals surface area contributed by atoms with Gasteiger partial charge in [-0.15, -0.1) is 15.7 Å². The number of aliphatic hydroxyl groups is 1. The molecule has 2 rings (SSSR count). The Balaban J connectivity index is 2.46. The molecule has 0 aliphatic rings. The number of hydrogen-bond donors (Lipinski definition) is 2. The number of amides is 1. The minimum absolute atomic E-state index is 0.0357. The molecule has 0 aliphatic carbocycles. The van der Waals surface area contributed by atoms with Gasteiger partial charge >= 0.3 is 0 Å². The van der Waals surface area contributed by atoms with Gasteiger partial charge in [0.1, 0.15) is 5.82 Å². The molecular weight excluding hydrogens is 415 g/mol. The average molecular weight is 443 g/mol. The molecule has 1 atom stereocenters. The van der Waals surface area contributed by atoms with Crippen LogP contribution in [0.4, 0.5) is 4.39 Å². The fourth-order valence-corrected chi connectivity index (χ4v) is 5.07. The van der Waals surface area contributed by atoms with Gasteiger partial charge in [-0.05, 0) is 36.8 Å². The third-order valence-electron chi connectivity index (χ3n) is 4.24. The zero-order valence-corrected chi connectivity index (χ0v) is 19.0. The van der Waals surface area contributed by atoms with Gasteiger partial charge in [-0.25, -0.2) is 18.7 Å². The van der Waals surface area contributed by atoms with Gasteiger partial charge in [-0.2, -0.15) is 0 Å². The van der Waals surface area contributed by atoms with E-state index in [1.54, 1.807) is 13.8 Å². The first-order chi connectivity index (χ1) is 13.2. The van der Waals surface area contributed by atoms with Gasteiger partial charge in [0.2, 0.25) is 4.34 Å². The molecule has 1 amide bonds. The van der Waals surface area contributed by atoms with Crippen molar-refractivity contribution in [3.8, 4) is 0 Å². The van der Waals surface area contributed by atoms with E-state index < -0.39 is 27.2 Å². The van der Waals surface area contributed by atoms with E-state index in [1.165, 1.54) is 6.20 Å². The number of aromatic nitrogens is 2. The molecule has 0 spiro atoms. The summed E-state index contributed by atoms with van der Waals surface area (Å²) >= 11 is 0.934. The highest BCUT2D eigenvalue weighted by Gasteiger charge is 2.25. The van der Waals surface area contributed by atoms with Crippen LogP contribution in [0.3, 0.4) is 0 Å². The highest BCUT2D eigenvalue weighted by atomic mass is 32.2. The molecule has 2 aromatic rings. The number of pyridine rings is 1. The summed E-state index contributed by atoms with van der Waals surface area (Å²) in [7, 11) is -3.59. The van der Waals surface area contributed by atoms with Crippen molar-refractivity contribution in [3.05, 3.63) is 39.9 Å². The maximum Gasteiger partial charge on any atom is 0.259 e. The molecule has 0 unspecified atom stereocenters. The zero-order chi connectivity index (χ0) is 22.1. The molecule has 7 nitrogen and oxygen atoms in total. The second kappa shape index (κ2) is 8.55. The van der Waals surface area contributed by atoms with Crippen molar-refractivity contribution in [1.29, 1.82) is 0 Å². The first-order valence-electron chi connectivity index (χ1n) is 9.17. The van der Waals surface area contributed by atoms with Crippen LogP contribution < -0.4 is 5.14 Å². The standard InChI is InChI=1S/C19H27FN4O3S2/c1-10(2)16-12(17(11(3)4)22-8-13(16)20)7-15(25)24-29(21,27)18-23-9-14(28-18)19(5,6)26/h8-11,26H,7H2,1-6H3,(H2,21,24,25,27)/t29-/m1/s1. The Morgan fingerprint density at radius 2 is 1.90 bits per heavy atom. The van der Waals surface area contributed by atoms with Gasteiger partial charge < -0.3 is 5.11 Å². The van der Waals surface area contributed by atoms with Crippen molar-refractivity contribution in [2.24, 2.45) is 9.50 Å². The molecule has 3 N–H and O–H groups in total. The number of rotatable bonds is 6. The van der Waals surface area contributed by atoms with E-state index >= 15 is 0 Å². The summed E-state index contributed by atoms with van der Waals surface area (Å²) in [5.74, 6) is -1.44. The van der Waals surface area contributed by atoms with E-state index in [1.807, 2.05) is 27.7 Å². The van der Waals surface area contributed by atoms with Gasteiger partial charge in [0.05, 0.1) is 23.1 Å². The van der Waals surface area contributed by atoms with E-state index in [9.17, 15) is 18.5 Å². The van der Waals surface area contributed by atoms with Crippen molar-refractivity contribution in [2.75, 3.05) is 0 Å². The molecule has 0 radical (unpaired) electrons. The van der Waals surface area contributed by atoms with Crippen LogP contribution in [0.2, 0.25) is 0 Å². The summed E-state index contributed by atoms with van der Waals surface area (Å²) in [6.45, 7) is 10.6. The largest absolute Gasteiger partial charge is 0.385 e. The Labute approximate surface area is 174 Å². The van der Waals surface area contributed by atoms with Crippen LogP contribution in [-0.2, 0) is 26.7 Å². The lowest BCUT2D eigenvalue weighted by molar-refractivity contribution is -0.117. The van der Waals surface area contributed by atoms with Crippen LogP contribution in [0, 0.1) is 5.82 Å². The van der Waals surface area contributed by atoms with Gasteiger partial charge in [0.15, 0.2) is 9.92 Å². The minimum atomic E-state index is -3.59. The predicted molar refractivity (Wildman–Crippen MR) is 111 cm³/mol. The van der Waals surface area contributed by atoms with Crippen molar-refractivity contribution in [2.45, 2.75) is 69.7 Å².